The molecule has 0 atom stereocenters. The first-order chi connectivity index (χ1) is 14.1. The molecule has 1 aliphatic rings. The summed E-state index contributed by atoms with van der Waals surface area (Å²) in [5.74, 6) is -0.670. The lowest BCUT2D eigenvalue weighted by molar-refractivity contribution is -0.114. The molecule has 29 heavy (non-hydrogen) atoms. The standard InChI is InChI=1S/C21H15N3O5/c25-12-17-8-7-16(29-17)10-18-19(14-2-1-9-22-11-14)23-24(20(18)26)15-5-3-13(4-6-15)21(27)28/h1-11,25H,12H2,(H,27,28)/b18-10-. The highest BCUT2D eigenvalue weighted by atomic mass is 16.4. The van der Waals surface area contributed by atoms with Gasteiger partial charge in [0.25, 0.3) is 5.91 Å². The van der Waals surface area contributed by atoms with Crippen molar-refractivity contribution in [1.82, 2.24) is 4.98 Å². The molecule has 0 bridgehead atoms. The Balaban J connectivity index is 1.77. The minimum absolute atomic E-state index is 0.111. The maximum absolute atomic E-state index is 13.1. The summed E-state index contributed by atoms with van der Waals surface area (Å²) < 4.78 is 5.48. The first-order valence-corrected chi connectivity index (χ1v) is 8.65. The lowest BCUT2D eigenvalue weighted by Crippen LogP contribution is -2.21. The molecule has 0 fully saturated rings. The minimum Gasteiger partial charge on any atom is -0.478 e. The summed E-state index contributed by atoms with van der Waals surface area (Å²) in [7, 11) is 0. The summed E-state index contributed by atoms with van der Waals surface area (Å²) in [6.07, 6.45) is 4.77. The predicted molar refractivity (Wildman–Crippen MR) is 104 cm³/mol. The fraction of sp³-hybridized carbons (Fsp3) is 0.0476. The maximum Gasteiger partial charge on any atom is 0.335 e. The third kappa shape index (κ3) is 3.56. The van der Waals surface area contributed by atoms with Gasteiger partial charge in [0.2, 0.25) is 0 Å². The average Bonchev–Trinajstić information content (AvgIpc) is 3.34. The second-order valence-electron chi connectivity index (χ2n) is 6.18. The number of furan rings is 1. The zero-order valence-corrected chi connectivity index (χ0v) is 15.0. The van der Waals surface area contributed by atoms with Crippen LogP contribution in [0.25, 0.3) is 6.08 Å². The number of pyridine rings is 1. The zero-order valence-electron chi connectivity index (χ0n) is 15.0. The normalized spacial score (nSPS) is 15.1. The van der Waals surface area contributed by atoms with E-state index in [4.69, 9.17) is 9.52 Å². The molecule has 0 aliphatic carbocycles. The Morgan fingerprint density at radius 1 is 1.14 bits per heavy atom. The maximum atomic E-state index is 13.1. The van der Waals surface area contributed by atoms with Crippen LogP contribution in [-0.4, -0.2) is 32.8 Å². The van der Waals surface area contributed by atoms with Gasteiger partial charge in [0, 0.05) is 18.0 Å². The molecule has 8 nitrogen and oxygen atoms in total. The Morgan fingerprint density at radius 3 is 2.55 bits per heavy atom. The number of carboxylic acids is 1. The topological polar surface area (TPSA) is 116 Å². The van der Waals surface area contributed by atoms with Crippen molar-refractivity contribution in [3.63, 3.8) is 0 Å². The van der Waals surface area contributed by atoms with Crippen molar-refractivity contribution in [2.45, 2.75) is 6.61 Å². The van der Waals surface area contributed by atoms with Gasteiger partial charge >= 0.3 is 5.97 Å². The quantitative estimate of drug-likeness (QED) is 0.648. The highest BCUT2D eigenvalue weighted by Gasteiger charge is 2.32. The van der Waals surface area contributed by atoms with Crippen LogP contribution in [0, 0.1) is 0 Å². The fourth-order valence-electron chi connectivity index (χ4n) is 2.88. The van der Waals surface area contributed by atoms with Gasteiger partial charge in [-0.05, 0) is 54.6 Å². The lowest BCUT2D eigenvalue weighted by atomic mass is 10.0. The molecule has 2 aromatic heterocycles. The molecule has 0 saturated carbocycles. The molecule has 0 unspecified atom stereocenters. The number of carboxylic acid groups (broad SMARTS) is 1. The molecule has 1 amide bonds. The van der Waals surface area contributed by atoms with Crippen LogP contribution in [0.2, 0.25) is 0 Å². The minimum atomic E-state index is -1.05. The summed E-state index contributed by atoms with van der Waals surface area (Å²) in [6.45, 7) is -0.247. The molecule has 3 aromatic rings. The van der Waals surface area contributed by atoms with Gasteiger partial charge < -0.3 is 14.6 Å². The zero-order chi connectivity index (χ0) is 20.4. The van der Waals surface area contributed by atoms with Gasteiger partial charge in [0.15, 0.2) is 0 Å². The van der Waals surface area contributed by atoms with Crippen molar-refractivity contribution in [2.75, 3.05) is 5.01 Å². The number of aromatic carboxylic acids is 1. The summed E-state index contributed by atoms with van der Waals surface area (Å²) in [4.78, 5) is 28.3. The average molecular weight is 389 g/mol. The molecule has 4 rings (SSSR count). The molecule has 144 valence electrons. The van der Waals surface area contributed by atoms with E-state index in [9.17, 15) is 14.7 Å². The van der Waals surface area contributed by atoms with Crippen molar-refractivity contribution in [1.29, 1.82) is 0 Å². The van der Waals surface area contributed by atoms with Crippen molar-refractivity contribution in [3.05, 3.63) is 89.1 Å². The van der Waals surface area contributed by atoms with E-state index >= 15 is 0 Å². The number of aromatic nitrogens is 1. The van der Waals surface area contributed by atoms with Crippen LogP contribution in [0.5, 0.6) is 0 Å². The lowest BCUT2D eigenvalue weighted by Gasteiger charge is -2.11. The first kappa shape index (κ1) is 18.3. The number of aliphatic hydroxyl groups is 1. The Kier molecular flexibility index (Phi) is 4.76. The number of hydrogen-bond acceptors (Lipinski definition) is 6. The van der Waals surface area contributed by atoms with E-state index in [1.165, 1.54) is 29.3 Å². The van der Waals surface area contributed by atoms with Crippen LogP contribution in [0.4, 0.5) is 5.69 Å². The highest BCUT2D eigenvalue weighted by Crippen LogP contribution is 2.28. The molecular weight excluding hydrogens is 374 g/mol. The number of rotatable bonds is 5. The van der Waals surface area contributed by atoms with E-state index < -0.39 is 11.9 Å². The van der Waals surface area contributed by atoms with Crippen LogP contribution in [0.3, 0.4) is 0 Å². The van der Waals surface area contributed by atoms with Gasteiger partial charge in [0.05, 0.1) is 16.8 Å². The molecular formula is C21H15N3O5. The van der Waals surface area contributed by atoms with Crippen molar-refractivity contribution < 1.29 is 24.2 Å². The number of aliphatic hydroxyl groups excluding tert-OH is 1. The Labute approximate surface area is 165 Å². The van der Waals surface area contributed by atoms with Crippen LogP contribution in [-0.2, 0) is 11.4 Å². The van der Waals surface area contributed by atoms with Crippen LogP contribution in [0.1, 0.15) is 27.4 Å². The van der Waals surface area contributed by atoms with Gasteiger partial charge in [-0.2, -0.15) is 10.1 Å². The number of amides is 1. The van der Waals surface area contributed by atoms with E-state index in [-0.39, 0.29) is 12.2 Å². The Hall–Kier alpha value is -4.04. The summed E-state index contributed by atoms with van der Waals surface area (Å²) >= 11 is 0. The van der Waals surface area contributed by atoms with E-state index in [1.54, 1.807) is 42.7 Å². The van der Waals surface area contributed by atoms with Gasteiger partial charge in [-0.3, -0.25) is 9.78 Å². The number of anilines is 1. The predicted octanol–water partition coefficient (Wildman–Crippen LogP) is 2.70. The molecule has 0 saturated heterocycles. The molecule has 1 aliphatic heterocycles. The third-order valence-corrected chi connectivity index (χ3v) is 4.30. The fourth-order valence-corrected chi connectivity index (χ4v) is 2.88. The number of benzene rings is 1. The Morgan fingerprint density at radius 2 is 1.93 bits per heavy atom. The number of carbonyl (C=O) groups excluding carboxylic acids is 1. The molecule has 2 N–H and O–H groups in total. The van der Waals surface area contributed by atoms with E-state index in [0.717, 1.165) is 0 Å². The number of hydrogen-bond donors (Lipinski definition) is 2. The number of nitrogens with zero attached hydrogens (tertiary/aromatic N) is 3. The smallest absolute Gasteiger partial charge is 0.335 e. The monoisotopic (exact) mass is 389 g/mol. The largest absolute Gasteiger partial charge is 0.478 e. The summed E-state index contributed by atoms with van der Waals surface area (Å²) in [6, 6.07) is 12.6. The number of hydrazone groups is 1. The second kappa shape index (κ2) is 7.53. The summed E-state index contributed by atoms with van der Waals surface area (Å²) in [5.41, 5.74) is 1.89. The molecule has 0 spiro atoms. The molecule has 1 aromatic carbocycles. The van der Waals surface area contributed by atoms with Gasteiger partial charge in [0.1, 0.15) is 23.8 Å². The first-order valence-electron chi connectivity index (χ1n) is 8.65. The van der Waals surface area contributed by atoms with Crippen LogP contribution < -0.4 is 5.01 Å². The second-order valence-corrected chi connectivity index (χ2v) is 6.18. The van der Waals surface area contributed by atoms with Crippen LogP contribution >= 0.6 is 0 Å². The van der Waals surface area contributed by atoms with Gasteiger partial charge in [-0.25, -0.2) is 4.79 Å². The number of carbonyl (C=O) groups is 2. The molecule has 3 heterocycles. The van der Waals surface area contributed by atoms with Gasteiger partial charge in [-0.1, -0.05) is 0 Å². The van der Waals surface area contributed by atoms with Crippen LogP contribution in [0.15, 0.2) is 76.0 Å². The summed E-state index contributed by atoms with van der Waals surface area (Å²) in [5, 5.41) is 23.9. The van der Waals surface area contributed by atoms with Gasteiger partial charge in [-0.15, -0.1) is 0 Å². The van der Waals surface area contributed by atoms with E-state index in [0.29, 0.717) is 34.1 Å². The SMILES string of the molecule is O=C(O)c1ccc(N2N=C(c3cccnc3)/C(=C/c3ccc(CO)o3)C2=O)cc1. The molecule has 8 heteroatoms. The Bertz CT molecular complexity index is 1130. The van der Waals surface area contributed by atoms with E-state index in [1.807, 2.05) is 0 Å². The highest BCUT2D eigenvalue weighted by molar-refractivity contribution is 6.37. The van der Waals surface area contributed by atoms with Crippen molar-refractivity contribution >= 4 is 29.4 Å². The van der Waals surface area contributed by atoms with Crippen molar-refractivity contribution in [2.24, 2.45) is 5.10 Å². The van der Waals surface area contributed by atoms with E-state index in [2.05, 4.69) is 10.1 Å². The third-order valence-electron chi connectivity index (χ3n) is 4.30. The van der Waals surface area contributed by atoms with Crippen molar-refractivity contribution in [3.8, 4) is 0 Å². The molecule has 0 radical (unpaired) electrons.